The van der Waals surface area contributed by atoms with E-state index < -0.39 is 10.8 Å². The molecule has 0 saturated heterocycles. The van der Waals surface area contributed by atoms with E-state index in [4.69, 9.17) is 10.5 Å². The van der Waals surface area contributed by atoms with Gasteiger partial charge in [-0.1, -0.05) is 42.5 Å². The number of non-ortho nitro benzene ring substituents is 1. The number of nitro benzene ring substituents is 1. The topological polar surface area (TPSA) is 119 Å². The Hall–Kier alpha value is -3.92. The number of allylic oxidation sites excluding steroid dienone is 3. The van der Waals surface area contributed by atoms with Crippen molar-refractivity contribution >= 4 is 11.5 Å². The van der Waals surface area contributed by atoms with Crippen LogP contribution >= 0.6 is 0 Å². The number of Topliss-reactive ketones (excluding diaryl/α,β-unsaturated/α-hetero) is 1. The number of hydrogen-bond acceptors (Lipinski definition) is 6. The van der Waals surface area contributed by atoms with E-state index in [2.05, 4.69) is 0 Å². The summed E-state index contributed by atoms with van der Waals surface area (Å²) in [6, 6.07) is 17.6. The summed E-state index contributed by atoms with van der Waals surface area (Å²) in [4.78, 5) is 23.8. The van der Waals surface area contributed by atoms with Gasteiger partial charge in [0.25, 0.3) is 5.69 Å². The zero-order valence-corrected chi connectivity index (χ0v) is 15.4. The lowest BCUT2D eigenvalue weighted by atomic mass is 9.73. The summed E-state index contributed by atoms with van der Waals surface area (Å²) in [5.74, 6) is -0.596. The van der Waals surface area contributed by atoms with Gasteiger partial charge in [-0.2, -0.15) is 5.26 Å². The molecule has 0 aromatic heterocycles. The number of nitrogens with zero attached hydrogens (tertiary/aromatic N) is 2. The standard InChI is InChI=1S/C22H17N3O4/c23-12-17-20(14-7-4-8-16(9-14)25(27)28)21-18(26)10-15(11-19(21)29-22(17)24)13-5-2-1-3-6-13/h1-9,15,20H,10-11,24H2/t15-,20-/m1/s1. The number of ketones is 1. The highest BCUT2D eigenvalue weighted by Gasteiger charge is 2.41. The van der Waals surface area contributed by atoms with Gasteiger partial charge in [0.15, 0.2) is 5.78 Å². The Kier molecular flexibility index (Phi) is 4.61. The number of hydrogen-bond donors (Lipinski definition) is 1. The fourth-order valence-electron chi connectivity index (χ4n) is 4.02. The Balaban J connectivity index is 1.81. The van der Waals surface area contributed by atoms with E-state index in [-0.39, 0.29) is 35.3 Å². The van der Waals surface area contributed by atoms with Crippen LogP contribution in [0.3, 0.4) is 0 Å². The molecule has 0 saturated carbocycles. The third-order valence-corrected chi connectivity index (χ3v) is 5.35. The molecule has 29 heavy (non-hydrogen) atoms. The van der Waals surface area contributed by atoms with Crippen LogP contribution in [0.15, 0.2) is 77.4 Å². The molecule has 1 heterocycles. The molecule has 7 nitrogen and oxygen atoms in total. The molecule has 7 heteroatoms. The quantitative estimate of drug-likeness (QED) is 0.632. The van der Waals surface area contributed by atoms with E-state index in [0.29, 0.717) is 23.3 Å². The fourth-order valence-corrected chi connectivity index (χ4v) is 4.02. The molecule has 1 aliphatic carbocycles. The summed E-state index contributed by atoms with van der Waals surface area (Å²) in [6.07, 6.45) is 0.742. The molecule has 2 N–H and O–H groups in total. The van der Waals surface area contributed by atoms with Crippen LogP contribution in [0.2, 0.25) is 0 Å². The molecule has 0 amide bonds. The van der Waals surface area contributed by atoms with Gasteiger partial charge in [-0.25, -0.2) is 0 Å². The van der Waals surface area contributed by atoms with E-state index in [1.165, 1.54) is 18.2 Å². The summed E-state index contributed by atoms with van der Waals surface area (Å²) in [7, 11) is 0. The smallest absolute Gasteiger partial charge is 0.269 e. The molecular weight excluding hydrogens is 370 g/mol. The van der Waals surface area contributed by atoms with Gasteiger partial charge in [-0.3, -0.25) is 14.9 Å². The van der Waals surface area contributed by atoms with Crippen molar-refractivity contribution in [2.75, 3.05) is 0 Å². The lowest BCUT2D eigenvalue weighted by Gasteiger charge is -2.34. The first-order chi connectivity index (χ1) is 14.0. The van der Waals surface area contributed by atoms with Crippen molar-refractivity contribution in [3.8, 4) is 6.07 Å². The van der Waals surface area contributed by atoms with Gasteiger partial charge >= 0.3 is 0 Å². The molecule has 2 aliphatic rings. The summed E-state index contributed by atoms with van der Waals surface area (Å²) in [6.45, 7) is 0. The third-order valence-electron chi connectivity index (χ3n) is 5.35. The molecule has 2 atom stereocenters. The number of nitrogens with two attached hydrogens (primary N) is 1. The van der Waals surface area contributed by atoms with Crippen molar-refractivity contribution in [3.05, 3.63) is 98.6 Å². The Morgan fingerprint density at radius 3 is 2.52 bits per heavy atom. The van der Waals surface area contributed by atoms with E-state index in [1.807, 2.05) is 36.4 Å². The van der Waals surface area contributed by atoms with E-state index in [9.17, 15) is 20.2 Å². The fraction of sp³-hybridized carbons (Fsp3) is 0.182. The maximum absolute atomic E-state index is 13.1. The number of nitriles is 1. The highest BCUT2D eigenvalue weighted by atomic mass is 16.6. The second-order valence-electron chi connectivity index (χ2n) is 7.05. The van der Waals surface area contributed by atoms with Crippen molar-refractivity contribution in [2.24, 2.45) is 5.73 Å². The molecule has 0 radical (unpaired) electrons. The zero-order chi connectivity index (χ0) is 20.5. The lowest BCUT2D eigenvalue weighted by molar-refractivity contribution is -0.384. The SMILES string of the molecule is N#CC1=C(N)OC2=C(C(=O)C[C@@H](c3ccccc3)C2)[C@@H]1c1cccc([N+](=O)[O-])c1. The first kappa shape index (κ1) is 18.4. The average molecular weight is 387 g/mol. The predicted octanol–water partition coefficient (Wildman–Crippen LogP) is 3.80. The molecule has 1 aliphatic heterocycles. The molecule has 144 valence electrons. The number of carbonyl (C=O) groups excluding carboxylic acids is 1. The summed E-state index contributed by atoms with van der Waals surface area (Å²) in [5.41, 5.74) is 7.85. The van der Waals surface area contributed by atoms with Crippen molar-refractivity contribution < 1.29 is 14.5 Å². The van der Waals surface area contributed by atoms with Crippen LogP contribution in [0.4, 0.5) is 5.69 Å². The Morgan fingerprint density at radius 1 is 1.10 bits per heavy atom. The molecule has 0 fully saturated rings. The molecule has 0 spiro atoms. The van der Waals surface area contributed by atoms with Crippen LogP contribution in [-0.2, 0) is 9.53 Å². The van der Waals surface area contributed by atoms with Crippen LogP contribution in [0.25, 0.3) is 0 Å². The molecule has 4 rings (SSSR count). The van der Waals surface area contributed by atoms with Gasteiger partial charge in [0.1, 0.15) is 17.4 Å². The van der Waals surface area contributed by atoms with Crippen molar-refractivity contribution in [1.29, 1.82) is 5.26 Å². The Bertz CT molecular complexity index is 1110. The van der Waals surface area contributed by atoms with Gasteiger partial charge in [0.2, 0.25) is 5.88 Å². The van der Waals surface area contributed by atoms with Gasteiger partial charge in [0.05, 0.1) is 10.8 Å². The van der Waals surface area contributed by atoms with Gasteiger partial charge in [-0.05, 0) is 17.0 Å². The monoisotopic (exact) mass is 387 g/mol. The van der Waals surface area contributed by atoms with Crippen LogP contribution in [0, 0.1) is 21.4 Å². The molecular formula is C22H17N3O4. The normalized spacial score (nSPS) is 21.3. The van der Waals surface area contributed by atoms with E-state index in [1.54, 1.807) is 6.07 Å². The van der Waals surface area contributed by atoms with Crippen molar-refractivity contribution in [3.63, 3.8) is 0 Å². The largest absolute Gasteiger partial charge is 0.444 e. The maximum Gasteiger partial charge on any atom is 0.269 e. The zero-order valence-electron chi connectivity index (χ0n) is 15.4. The van der Waals surface area contributed by atoms with E-state index >= 15 is 0 Å². The molecule has 0 unspecified atom stereocenters. The molecule has 2 aromatic rings. The highest BCUT2D eigenvalue weighted by Crippen LogP contribution is 2.46. The second kappa shape index (κ2) is 7.24. The lowest BCUT2D eigenvalue weighted by Crippen LogP contribution is -2.29. The number of ether oxygens (including phenoxy) is 1. The number of rotatable bonds is 3. The number of carbonyl (C=O) groups is 1. The minimum absolute atomic E-state index is 0.0513. The summed E-state index contributed by atoms with van der Waals surface area (Å²) in [5, 5.41) is 20.8. The van der Waals surface area contributed by atoms with Gasteiger partial charge in [-0.15, -0.1) is 0 Å². The number of nitro groups is 1. The van der Waals surface area contributed by atoms with Crippen molar-refractivity contribution in [1.82, 2.24) is 0 Å². The average Bonchev–Trinajstić information content (AvgIpc) is 2.73. The summed E-state index contributed by atoms with van der Waals surface area (Å²) >= 11 is 0. The predicted molar refractivity (Wildman–Crippen MR) is 104 cm³/mol. The van der Waals surface area contributed by atoms with Crippen LogP contribution < -0.4 is 5.73 Å². The Morgan fingerprint density at radius 2 is 1.83 bits per heavy atom. The second-order valence-corrected chi connectivity index (χ2v) is 7.05. The highest BCUT2D eigenvalue weighted by molar-refractivity contribution is 6.00. The van der Waals surface area contributed by atoms with E-state index in [0.717, 1.165) is 5.56 Å². The minimum atomic E-state index is -0.770. The molecule has 2 aromatic carbocycles. The number of benzene rings is 2. The van der Waals surface area contributed by atoms with Gasteiger partial charge < -0.3 is 10.5 Å². The van der Waals surface area contributed by atoms with Gasteiger partial charge in [0, 0.05) is 30.5 Å². The van der Waals surface area contributed by atoms with Crippen LogP contribution in [0.1, 0.15) is 35.8 Å². The first-order valence-electron chi connectivity index (χ1n) is 9.12. The third kappa shape index (κ3) is 3.25. The van der Waals surface area contributed by atoms with Crippen LogP contribution in [-0.4, -0.2) is 10.7 Å². The molecule has 0 bridgehead atoms. The first-order valence-corrected chi connectivity index (χ1v) is 9.12. The minimum Gasteiger partial charge on any atom is -0.444 e. The summed E-state index contributed by atoms with van der Waals surface area (Å²) < 4.78 is 5.71. The Labute approximate surface area is 166 Å². The van der Waals surface area contributed by atoms with Crippen molar-refractivity contribution in [2.45, 2.75) is 24.7 Å². The van der Waals surface area contributed by atoms with Crippen LogP contribution in [0.5, 0.6) is 0 Å². The maximum atomic E-state index is 13.1.